The lowest BCUT2D eigenvalue weighted by atomic mass is 10.1. The van der Waals surface area contributed by atoms with Gasteiger partial charge in [-0.3, -0.25) is 4.79 Å². The summed E-state index contributed by atoms with van der Waals surface area (Å²) in [5.41, 5.74) is 3.75. The number of anilines is 1. The Labute approximate surface area is 126 Å². The van der Waals surface area contributed by atoms with E-state index < -0.39 is 0 Å². The van der Waals surface area contributed by atoms with Crippen LogP contribution >= 0.6 is 11.3 Å². The molecule has 2 aromatic rings. The smallest absolute Gasteiger partial charge is 0.275 e. The molecule has 0 spiro atoms. The maximum atomic E-state index is 12.1. The number of nitrogens with zero attached hydrogens (tertiary/aromatic N) is 1. The fourth-order valence-corrected chi connectivity index (χ4v) is 2.86. The van der Waals surface area contributed by atoms with Crippen LogP contribution in [0.15, 0.2) is 23.0 Å². The van der Waals surface area contributed by atoms with Crippen molar-refractivity contribution >= 4 is 22.9 Å². The lowest BCUT2D eigenvalue weighted by Gasteiger charge is -2.13. The number of amides is 1. The van der Waals surface area contributed by atoms with Crippen molar-refractivity contribution in [2.75, 3.05) is 11.9 Å². The maximum Gasteiger partial charge on any atom is 0.275 e. The molecule has 0 aliphatic carbocycles. The minimum atomic E-state index is -0.247. The number of carbonyl (C=O) groups excluding carboxylic acids is 1. The molecule has 110 valence electrons. The zero-order valence-corrected chi connectivity index (χ0v) is 12.7. The van der Waals surface area contributed by atoms with Gasteiger partial charge in [0.05, 0.1) is 17.8 Å². The van der Waals surface area contributed by atoms with Crippen LogP contribution in [0.4, 0.5) is 5.69 Å². The number of fused-ring (bicyclic) bond motifs is 1. The molecule has 0 saturated heterocycles. The molecule has 1 amide bonds. The maximum absolute atomic E-state index is 12.1. The van der Waals surface area contributed by atoms with Gasteiger partial charge in [-0.25, -0.2) is 4.98 Å². The van der Waals surface area contributed by atoms with Gasteiger partial charge in [0, 0.05) is 23.4 Å². The fourth-order valence-electron chi connectivity index (χ4n) is 2.32. The molecule has 1 unspecified atom stereocenters. The number of aromatic nitrogens is 1. The van der Waals surface area contributed by atoms with Gasteiger partial charge in [0.15, 0.2) is 0 Å². The van der Waals surface area contributed by atoms with Crippen LogP contribution in [0.1, 0.15) is 29.9 Å². The molecule has 0 saturated carbocycles. The van der Waals surface area contributed by atoms with Crippen LogP contribution in [-0.4, -0.2) is 23.6 Å². The summed E-state index contributed by atoms with van der Waals surface area (Å²) >= 11 is 1.39. The summed E-state index contributed by atoms with van der Waals surface area (Å²) in [6.45, 7) is 4.47. The van der Waals surface area contributed by atoms with Crippen molar-refractivity contribution in [1.82, 2.24) is 4.98 Å². The second kappa shape index (κ2) is 5.73. The molecule has 1 aromatic heterocycles. The molecule has 1 aliphatic heterocycles. The standard InChI is InChI=1S/C15H16N2O3S/c1-3-19-14-5-10-4-9(2)20-13(10)6-11(14)17-15(18)12-7-21-8-16-12/h5-9H,3-4H2,1-2H3,(H,17,18). The van der Waals surface area contributed by atoms with Crippen LogP contribution in [-0.2, 0) is 6.42 Å². The number of carbonyl (C=O) groups is 1. The summed E-state index contributed by atoms with van der Waals surface area (Å²) in [5, 5.41) is 4.55. The third-order valence-corrected chi connectivity index (χ3v) is 3.80. The van der Waals surface area contributed by atoms with Crippen LogP contribution < -0.4 is 14.8 Å². The Morgan fingerprint density at radius 3 is 3.14 bits per heavy atom. The van der Waals surface area contributed by atoms with Crippen molar-refractivity contribution in [3.05, 3.63) is 34.3 Å². The summed E-state index contributed by atoms with van der Waals surface area (Å²) in [7, 11) is 0. The number of hydrogen-bond donors (Lipinski definition) is 1. The number of nitrogens with one attached hydrogen (secondary N) is 1. The van der Waals surface area contributed by atoms with Crippen LogP contribution in [0, 0.1) is 0 Å². The van der Waals surface area contributed by atoms with E-state index in [0.29, 0.717) is 23.7 Å². The van der Waals surface area contributed by atoms with Gasteiger partial charge in [0.25, 0.3) is 5.91 Å². The Morgan fingerprint density at radius 1 is 1.57 bits per heavy atom. The summed E-state index contributed by atoms with van der Waals surface area (Å²) in [5.74, 6) is 1.22. The predicted molar refractivity (Wildman–Crippen MR) is 81.5 cm³/mol. The van der Waals surface area contributed by atoms with E-state index in [-0.39, 0.29) is 12.0 Å². The van der Waals surface area contributed by atoms with E-state index in [1.807, 2.05) is 26.0 Å². The van der Waals surface area contributed by atoms with Gasteiger partial charge in [-0.1, -0.05) is 0 Å². The molecular formula is C15H16N2O3S. The number of benzene rings is 1. The summed E-state index contributed by atoms with van der Waals surface area (Å²) < 4.78 is 11.4. The SMILES string of the molecule is CCOc1cc2c(cc1NC(=O)c1cscn1)OC(C)C2. The van der Waals surface area contributed by atoms with E-state index in [0.717, 1.165) is 17.7 Å². The summed E-state index contributed by atoms with van der Waals surface area (Å²) in [4.78, 5) is 16.1. The molecule has 5 nitrogen and oxygen atoms in total. The number of ether oxygens (including phenoxy) is 2. The van der Waals surface area contributed by atoms with Crippen molar-refractivity contribution in [3.8, 4) is 11.5 Å². The minimum absolute atomic E-state index is 0.152. The molecule has 0 bridgehead atoms. The average molecular weight is 304 g/mol. The molecule has 0 fully saturated rings. The predicted octanol–water partition coefficient (Wildman–Crippen LogP) is 3.12. The van der Waals surface area contributed by atoms with Crippen molar-refractivity contribution in [1.29, 1.82) is 0 Å². The van der Waals surface area contributed by atoms with Crippen LogP contribution in [0.3, 0.4) is 0 Å². The summed E-state index contributed by atoms with van der Waals surface area (Å²) in [6.07, 6.45) is 1.01. The second-order valence-electron chi connectivity index (χ2n) is 4.85. The van der Waals surface area contributed by atoms with Gasteiger partial charge < -0.3 is 14.8 Å². The first-order valence-electron chi connectivity index (χ1n) is 6.83. The first-order chi connectivity index (χ1) is 10.2. The van der Waals surface area contributed by atoms with E-state index in [9.17, 15) is 4.79 Å². The highest BCUT2D eigenvalue weighted by Gasteiger charge is 2.23. The Bertz CT molecular complexity index is 655. The molecule has 3 rings (SSSR count). The number of thiazole rings is 1. The van der Waals surface area contributed by atoms with Gasteiger partial charge in [-0.2, -0.15) is 0 Å². The van der Waals surface area contributed by atoms with Crippen LogP contribution in [0.5, 0.6) is 11.5 Å². The second-order valence-corrected chi connectivity index (χ2v) is 5.57. The molecule has 0 radical (unpaired) electrons. The molecule has 1 atom stereocenters. The average Bonchev–Trinajstić information content (AvgIpc) is 3.07. The third-order valence-electron chi connectivity index (χ3n) is 3.21. The Hall–Kier alpha value is -2.08. The first kappa shape index (κ1) is 13.9. The van der Waals surface area contributed by atoms with Gasteiger partial charge in [0.1, 0.15) is 23.3 Å². The van der Waals surface area contributed by atoms with E-state index in [1.165, 1.54) is 11.3 Å². The zero-order valence-electron chi connectivity index (χ0n) is 11.9. The number of hydrogen-bond acceptors (Lipinski definition) is 5. The molecule has 2 heterocycles. The molecule has 6 heteroatoms. The van der Waals surface area contributed by atoms with Crippen LogP contribution in [0.25, 0.3) is 0 Å². The monoisotopic (exact) mass is 304 g/mol. The molecule has 1 aromatic carbocycles. The third kappa shape index (κ3) is 2.85. The lowest BCUT2D eigenvalue weighted by Crippen LogP contribution is -2.13. The molecule has 1 aliphatic rings. The Morgan fingerprint density at radius 2 is 2.43 bits per heavy atom. The fraction of sp³-hybridized carbons (Fsp3) is 0.333. The highest BCUT2D eigenvalue weighted by atomic mass is 32.1. The lowest BCUT2D eigenvalue weighted by molar-refractivity contribution is 0.102. The van der Waals surface area contributed by atoms with Crippen molar-refractivity contribution < 1.29 is 14.3 Å². The summed E-state index contributed by atoms with van der Waals surface area (Å²) in [6, 6.07) is 3.77. The first-order valence-corrected chi connectivity index (χ1v) is 7.77. The molecule has 1 N–H and O–H groups in total. The van der Waals surface area contributed by atoms with Gasteiger partial charge in [-0.05, 0) is 19.9 Å². The van der Waals surface area contributed by atoms with E-state index >= 15 is 0 Å². The highest BCUT2D eigenvalue weighted by molar-refractivity contribution is 7.07. The Balaban J connectivity index is 1.90. The van der Waals surface area contributed by atoms with Gasteiger partial charge >= 0.3 is 0 Å². The van der Waals surface area contributed by atoms with E-state index in [4.69, 9.17) is 9.47 Å². The molecule has 21 heavy (non-hydrogen) atoms. The number of rotatable bonds is 4. The zero-order chi connectivity index (χ0) is 14.8. The quantitative estimate of drug-likeness (QED) is 0.943. The highest BCUT2D eigenvalue weighted by Crippen LogP contribution is 2.38. The van der Waals surface area contributed by atoms with Crippen LogP contribution in [0.2, 0.25) is 0 Å². The van der Waals surface area contributed by atoms with Crippen molar-refractivity contribution in [3.63, 3.8) is 0 Å². The van der Waals surface area contributed by atoms with Gasteiger partial charge in [0.2, 0.25) is 0 Å². The largest absolute Gasteiger partial charge is 0.492 e. The van der Waals surface area contributed by atoms with Gasteiger partial charge in [-0.15, -0.1) is 11.3 Å². The van der Waals surface area contributed by atoms with Crippen molar-refractivity contribution in [2.45, 2.75) is 26.4 Å². The van der Waals surface area contributed by atoms with Crippen molar-refractivity contribution in [2.24, 2.45) is 0 Å². The normalized spacial score (nSPS) is 16.2. The minimum Gasteiger partial charge on any atom is -0.492 e. The van der Waals surface area contributed by atoms with E-state index in [1.54, 1.807) is 10.9 Å². The molecular weight excluding hydrogens is 288 g/mol. The van der Waals surface area contributed by atoms with E-state index in [2.05, 4.69) is 10.3 Å². The Kier molecular flexibility index (Phi) is 3.79. The topological polar surface area (TPSA) is 60.5 Å².